The Morgan fingerprint density at radius 1 is 1.07 bits per heavy atom. The Labute approximate surface area is 168 Å². The number of anilines is 1. The van der Waals surface area contributed by atoms with E-state index >= 15 is 0 Å². The van der Waals surface area contributed by atoms with Crippen molar-refractivity contribution < 1.29 is 9.59 Å². The summed E-state index contributed by atoms with van der Waals surface area (Å²) in [6.07, 6.45) is 0. The Balaban J connectivity index is 1.72. The van der Waals surface area contributed by atoms with Crippen molar-refractivity contribution in [3.05, 3.63) is 71.5 Å². The van der Waals surface area contributed by atoms with Crippen LogP contribution in [0, 0.1) is 6.92 Å². The van der Waals surface area contributed by atoms with E-state index in [-0.39, 0.29) is 11.7 Å². The summed E-state index contributed by atoms with van der Waals surface area (Å²) in [6, 6.07) is 17.0. The van der Waals surface area contributed by atoms with Crippen LogP contribution in [0.3, 0.4) is 0 Å². The predicted molar refractivity (Wildman–Crippen MR) is 111 cm³/mol. The molecule has 7 heteroatoms. The lowest BCUT2D eigenvalue weighted by Crippen LogP contribution is -2.24. The molecule has 1 N–H and O–H groups in total. The SMILES string of the molecule is CC(=O)c1ccccc1NC(=O)[C@@H](C)Sc1nnc(C)n1Cc1ccccc1. The number of carbonyl (C=O) groups is 2. The molecular formula is C21H22N4O2S. The Morgan fingerprint density at radius 3 is 2.46 bits per heavy atom. The third-order valence-electron chi connectivity index (χ3n) is 4.30. The average molecular weight is 395 g/mol. The fourth-order valence-corrected chi connectivity index (χ4v) is 3.64. The number of nitrogens with zero attached hydrogens (tertiary/aromatic N) is 3. The van der Waals surface area contributed by atoms with Crippen LogP contribution < -0.4 is 5.32 Å². The monoisotopic (exact) mass is 394 g/mol. The molecule has 0 aliphatic carbocycles. The van der Waals surface area contributed by atoms with Crippen molar-refractivity contribution in [1.29, 1.82) is 0 Å². The maximum absolute atomic E-state index is 12.7. The number of benzene rings is 2. The molecular weight excluding hydrogens is 372 g/mol. The molecule has 2 aromatic carbocycles. The Morgan fingerprint density at radius 2 is 1.75 bits per heavy atom. The quantitative estimate of drug-likeness (QED) is 0.485. The van der Waals surface area contributed by atoms with Crippen LogP contribution in [0.25, 0.3) is 0 Å². The lowest BCUT2D eigenvalue weighted by molar-refractivity contribution is -0.115. The van der Waals surface area contributed by atoms with Gasteiger partial charge >= 0.3 is 0 Å². The fourth-order valence-electron chi connectivity index (χ4n) is 2.74. The number of carbonyl (C=O) groups excluding carboxylic acids is 2. The van der Waals surface area contributed by atoms with Crippen molar-refractivity contribution in [3.63, 3.8) is 0 Å². The third-order valence-corrected chi connectivity index (χ3v) is 5.38. The molecule has 0 aliphatic rings. The van der Waals surface area contributed by atoms with E-state index in [0.29, 0.717) is 23.0 Å². The minimum absolute atomic E-state index is 0.0885. The third kappa shape index (κ3) is 4.67. The number of hydrogen-bond acceptors (Lipinski definition) is 5. The van der Waals surface area contributed by atoms with Gasteiger partial charge in [0.2, 0.25) is 5.91 Å². The number of thioether (sulfide) groups is 1. The van der Waals surface area contributed by atoms with Crippen LogP contribution in [-0.2, 0) is 11.3 Å². The highest BCUT2D eigenvalue weighted by atomic mass is 32.2. The lowest BCUT2D eigenvalue weighted by Gasteiger charge is -2.14. The number of amides is 1. The van der Waals surface area contributed by atoms with Crippen LogP contribution in [-0.4, -0.2) is 31.7 Å². The fraction of sp³-hybridized carbons (Fsp3) is 0.238. The number of para-hydroxylation sites is 1. The van der Waals surface area contributed by atoms with Crippen molar-refractivity contribution in [2.75, 3.05) is 5.32 Å². The molecule has 1 amide bonds. The molecule has 28 heavy (non-hydrogen) atoms. The minimum Gasteiger partial charge on any atom is -0.324 e. The number of aryl methyl sites for hydroxylation is 1. The van der Waals surface area contributed by atoms with Crippen molar-refractivity contribution in [1.82, 2.24) is 14.8 Å². The standard InChI is InChI=1S/C21H22N4O2S/c1-14(26)18-11-7-8-12-19(18)22-20(27)15(2)28-21-24-23-16(3)25(21)13-17-9-5-4-6-10-17/h4-12,15H,13H2,1-3H3,(H,22,27)/t15-/m1/s1. The van der Waals surface area contributed by atoms with Gasteiger partial charge in [0.05, 0.1) is 17.5 Å². The molecule has 0 saturated heterocycles. The summed E-state index contributed by atoms with van der Waals surface area (Å²) in [6.45, 7) is 5.84. The molecule has 0 unspecified atom stereocenters. The van der Waals surface area contributed by atoms with Crippen LogP contribution in [0.15, 0.2) is 59.8 Å². The number of hydrogen-bond donors (Lipinski definition) is 1. The van der Waals surface area contributed by atoms with E-state index in [0.717, 1.165) is 11.4 Å². The van der Waals surface area contributed by atoms with E-state index in [1.165, 1.54) is 18.7 Å². The number of aromatic nitrogens is 3. The summed E-state index contributed by atoms with van der Waals surface area (Å²) >= 11 is 1.34. The van der Waals surface area contributed by atoms with Crippen LogP contribution in [0.2, 0.25) is 0 Å². The molecule has 0 fully saturated rings. The smallest absolute Gasteiger partial charge is 0.237 e. The molecule has 0 radical (unpaired) electrons. The van der Waals surface area contributed by atoms with Gasteiger partial charge in [-0.1, -0.05) is 54.2 Å². The Kier molecular flexibility index (Phi) is 6.26. The second kappa shape index (κ2) is 8.84. The van der Waals surface area contributed by atoms with Gasteiger partial charge in [-0.05, 0) is 38.5 Å². The highest BCUT2D eigenvalue weighted by Gasteiger charge is 2.20. The van der Waals surface area contributed by atoms with Gasteiger partial charge in [-0.3, -0.25) is 9.59 Å². The first-order valence-corrected chi connectivity index (χ1v) is 9.85. The predicted octanol–water partition coefficient (Wildman–Crippen LogP) is 3.96. The molecule has 0 aliphatic heterocycles. The van der Waals surface area contributed by atoms with Crippen LogP contribution >= 0.6 is 11.8 Å². The van der Waals surface area contributed by atoms with Crippen molar-refractivity contribution >= 4 is 29.1 Å². The molecule has 1 atom stereocenters. The maximum atomic E-state index is 12.7. The van der Waals surface area contributed by atoms with Crippen LogP contribution in [0.1, 0.15) is 35.6 Å². The first kappa shape index (κ1) is 19.8. The molecule has 0 bridgehead atoms. The number of nitrogens with one attached hydrogen (secondary N) is 1. The second-order valence-electron chi connectivity index (χ2n) is 6.45. The highest BCUT2D eigenvalue weighted by molar-refractivity contribution is 8.00. The van der Waals surface area contributed by atoms with Gasteiger partial charge in [0.25, 0.3) is 0 Å². The zero-order valence-electron chi connectivity index (χ0n) is 16.0. The van der Waals surface area contributed by atoms with Gasteiger partial charge in [0.1, 0.15) is 5.82 Å². The Hall–Kier alpha value is -2.93. The topological polar surface area (TPSA) is 76.9 Å². The maximum Gasteiger partial charge on any atom is 0.237 e. The molecule has 1 heterocycles. The summed E-state index contributed by atoms with van der Waals surface area (Å²) in [5.41, 5.74) is 2.16. The first-order chi connectivity index (χ1) is 13.5. The zero-order valence-corrected chi connectivity index (χ0v) is 16.9. The Bertz CT molecular complexity index is 985. The number of Topliss-reactive ketones (excluding diaryl/α,β-unsaturated/α-hetero) is 1. The van der Waals surface area contributed by atoms with Gasteiger partial charge in [-0.2, -0.15) is 0 Å². The summed E-state index contributed by atoms with van der Waals surface area (Å²) in [4.78, 5) is 24.4. The van der Waals surface area contributed by atoms with E-state index in [1.807, 2.05) is 48.7 Å². The second-order valence-corrected chi connectivity index (χ2v) is 7.76. The van der Waals surface area contributed by atoms with Gasteiger partial charge in [0, 0.05) is 5.56 Å². The van der Waals surface area contributed by atoms with Gasteiger partial charge in [0.15, 0.2) is 10.9 Å². The molecule has 144 valence electrons. The van der Waals surface area contributed by atoms with E-state index in [9.17, 15) is 9.59 Å². The molecule has 0 spiro atoms. The normalized spacial score (nSPS) is 11.8. The minimum atomic E-state index is -0.405. The highest BCUT2D eigenvalue weighted by Crippen LogP contribution is 2.25. The van der Waals surface area contributed by atoms with Crippen molar-refractivity contribution in [3.8, 4) is 0 Å². The van der Waals surface area contributed by atoms with Crippen molar-refractivity contribution in [2.45, 2.75) is 37.7 Å². The summed E-state index contributed by atoms with van der Waals surface area (Å²) in [7, 11) is 0. The molecule has 3 rings (SSSR count). The van der Waals surface area contributed by atoms with Gasteiger partial charge in [-0.25, -0.2) is 0 Å². The molecule has 1 aromatic heterocycles. The van der Waals surface area contributed by atoms with E-state index in [1.54, 1.807) is 24.3 Å². The van der Waals surface area contributed by atoms with E-state index < -0.39 is 5.25 Å². The van der Waals surface area contributed by atoms with E-state index in [4.69, 9.17) is 0 Å². The van der Waals surface area contributed by atoms with Gasteiger partial charge in [-0.15, -0.1) is 10.2 Å². The summed E-state index contributed by atoms with van der Waals surface area (Å²) < 4.78 is 1.99. The largest absolute Gasteiger partial charge is 0.324 e. The van der Waals surface area contributed by atoms with Gasteiger partial charge < -0.3 is 9.88 Å². The average Bonchev–Trinajstić information content (AvgIpc) is 3.02. The lowest BCUT2D eigenvalue weighted by atomic mass is 10.1. The summed E-state index contributed by atoms with van der Waals surface area (Å²) in [5.74, 6) is 0.515. The molecule has 6 nitrogen and oxygen atoms in total. The number of rotatable bonds is 7. The first-order valence-electron chi connectivity index (χ1n) is 8.97. The zero-order chi connectivity index (χ0) is 20.1. The van der Waals surface area contributed by atoms with Crippen molar-refractivity contribution in [2.24, 2.45) is 0 Å². The van der Waals surface area contributed by atoms with Crippen LogP contribution in [0.4, 0.5) is 5.69 Å². The molecule has 3 aromatic rings. The van der Waals surface area contributed by atoms with Crippen LogP contribution in [0.5, 0.6) is 0 Å². The van der Waals surface area contributed by atoms with E-state index in [2.05, 4.69) is 15.5 Å². The molecule has 0 saturated carbocycles. The number of ketones is 1. The summed E-state index contributed by atoms with van der Waals surface area (Å²) in [5, 5.41) is 11.5.